The highest BCUT2D eigenvalue weighted by Crippen LogP contribution is 2.31. The number of nitrogens with zero attached hydrogens (tertiary/aromatic N) is 1. The van der Waals surface area contributed by atoms with Gasteiger partial charge in [0.25, 0.3) is 5.91 Å². The van der Waals surface area contributed by atoms with E-state index in [9.17, 15) is 14.7 Å². The van der Waals surface area contributed by atoms with Crippen molar-refractivity contribution in [1.29, 1.82) is 0 Å². The van der Waals surface area contributed by atoms with Crippen LogP contribution in [0.15, 0.2) is 36.4 Å². The van der Waals surface area contributed by atoms with Crippen LogP contribution in [0.1, 0.15) is 55.1 Å². The van der Waals surface area contributed by atoms with Gasteiger partial charge in [0, 0.05) is 16.9 Å². The maximum atomic E-state index is 13.5. The third-order valence-corrected chi connectivity index (χ3v) is 5.53. The van der Waals surface area contributed by atoms with Gasteiger partial charge >= 0.3 is 5.97 Å². The van der Waals surface area contributed by atoms with Gasteiger partial charge in [0.15, 0.2) is 0 Å². The summed E-state index contributed by atoms with van der Waals surface area (Å²) < 4.78 is 0. The van der Waals surface area contributed by atoms with Gasteiger partial charge in [-0.15, -0.1) is 0 Å². The summed E-state index contributed by atoms with van der Waals surface area (Å²) in [6.45, 7) is 7.60. The number of aromatic amines is 1. The molecule has 0 bridgehead atoms. The second-order valence-corrected chi connectivity index (χ2v) is 7.08. The lowest BCUT2D eigenvalue weighted by Gasteiger charge is -2.36. The maximum absolute atomic E-state index is 13.5. The van der Waals surface area contributed by atoms with Gasteiger partial charge in [0.1, 0.15) is 5.69 Å². The third kappa shape index (κ3) is 3.14. The minimum absolute atomic E-state index is 0.0642. The predicted octanol–water partition coefficient (Wildman–Crippen LogP) is 4.28. The second kappa shape index (κ2) is 7.36. The number of aliphatic carboxylic acids is 1. The Balaban J connectivity index is 2.05. The van der Waals surface area contributed by atoms with Gasteiger partial charge < -0.3 is 15.0 Å². The SMILES string of the molecule is C=C(C(=O)O)C(CC)N(C(=O)c1[nH]c2ccccc2c1C)C1CCCC1. The van der Waals surface area contributed by atoms with Crippen molar-refractivity contribution in [2.75, 3.05) is 0 Å². The van der Waals surface area contributed by atoms with E-state index in [1.54, 1.807) is 4.90 Å². The van der Waals surface area contributed by atoms with Gasteiger partial charge in [-0.1, -0.05) is 44.5 Å². The molecule has 1 aliphatic rings. The van der Waals surface area contributed by atoms with Crippen molar-refractivity contribution in [1.82, 2.24) is 9.88 Å². The lowest BCUT2D eigenvalue weighted by molar-refractivity contribution is -0.133. The van der Waals surface area contributed by atoms with E-state index in [1.807, 2.05) is 38.1 Å². The average molecular weight is 354 g/mol. The van der Waals surface area contributed by atoms with Crippen LogP contribution < -0.4 is 0 Å². The molecule has 0 aliphatic heterocycles. The molecule has 2 N–H and O–H groups in total. The van der Waals surface area contributed by atoms with Gasteiger partial charge in [-0.25, -0.2) is 4.79 Å². The number of carbonyl (C=O) groups is 2. The first kappa shape index (κ1) is 18.2. The topological polar surface area (TPSA) is 73.4 Å². The largest absolute Gasteiger partial charge is 0.478 e. The lowest BCUT2D eigenvalue weighted by atomic mass is 10.00. The van der Waals surface area contributed by atoms with Crippen molar-refractivity contribution in [2.45, 2.75) is 58.0 Å². The lowest BCUT2D eigenvalue weighted by Crippen LogP contribution is -2.48. The molecule has 0 radical (unpaired) electrons. The Morgan fingerprint density at radius 2 is 1.96 bits per heavy atom. The Hall–Kier alpha value is -2.56. The van der Waals surface area contributed by atoms with Gasteiger partial charge in [0.05, 0.1) is 11.6 Å². The predicted molar refractivity (Wildman–Crippen MR) is 102 cm³/mol. The Kier molecular flexibility index (Phi) is 5.16. The van der Waals surface area contributed by atoms with Crippen LogP contribution >= 0.6 is 0 Å². The first-order valence-corrected chi connectivity index (χ1v) is 9.27. The summed E-state index contributed by atoms with van der Waals surface area (Å²) in [6, 6.07) is 7.40. The van der Waals surface area contributed by atoms with Crippen LogP contribution in [0.25, 0.3) is 10.9 Å². The molecule has 1 unspecified atom stereocenters. The minimum atomic E-state index is -1.04. The molecule has 1 aromatic heterocycles. The molecule has 26 heavy (non-hydrogen) atoms. The fourth-order valence-electron chi connectivity index (χ4n) is 4.12. The fourth-order valence-corrected chi connectivity index (χ4v) is 4.12. The molecule has 5 heteroatoms. The van der Waals surface area contributed by atoms with Crippen LogP contribution in [0.5, 0.6) is 0 Å². The van der Waals surface area contributed by atoms with Crippen LogP contribution in [0.4, 0.5) is 0 Å². The number of para-hydroxylation sites is 1. The number of fused-ring (bicyclic) bond motifs is 1. The summed E-state index contributed by atoms with van der Waals surface area (Å²) in [5.41, 5.74) is 2.46. The normalized spacial score (nSPS) is 15.9. The summed E-state index contributed by atoms with van der Waals surface area (Å²) in [6.07, 6.45) is 4.49. The van der Waals surface area contributed by atoms with Gasteiger partial charge in [-0.3, -0.25) is 4.79 Å². The number of carbonyl (C=O) groups excluding carboxylic acids is 1. The number of carboxylic acid groups (broad SMARTS) is 1. The molecule has 1 amide bonds. The quantitative estimate of drug-likeness (QED) is 0.761. The first-order chi connectivity index (χ1) is 12.5. The number of nitrogens with one attached hydrogen (secondary N) is 1. The summed E-state index contributed by atoms with van der Waals surface area (Å²) >= 11 is 0. The van der Waals surface area contributed by atoms with Crippen molar-refractivity contribution < 1.29 is 14.7 Å². The Morgan fingerprint density at radius 3 is 2.54 bits per heavy atom. The fraction of sp³-hybridized carbons (Fsp3) is 0.429. The zero-order valence-electron chi connectivity index (χ0n) is 15.4. The number of hydrogen-bond donors (Lipinski definition) is 2. The van der Waals surface area contributed by atoms with Crippen LogP contribution in [0, 0.1) is 6.92 Å². The number of hydrogen-bond acceptors (Lipinski definition) is 2. The van der Waals surface area contributed by atoms with Crippen molar-refractivity contribution in [2.24, 2.45) is 0 Å². The smallest absolute Gasteiger partial charge is 0.333 e. The molecule has 1 fully saturated rings. The van der Waals surface area contributed by atoms with E-state index in [0.717, 1.165) is 42.1 Å². The van der Waals surface area contributed by atoms with Crippen LogP contribution in [-0.2, 0) is 4.79 Å². The molecule has 3 rings (SSSR count). The van der Waals surface area contributed by atoms with Crippen LogP contribution in [0.2, 0.25) is 0 Å². The summed E-state index contributed by atoms with van der Waals surface area (Å²) in [7, 11) is 0. The monoisotopic (exact) mass is 354 g/mol. The Bertz CT molecular complexity index is 846. The second-order valence-electron chi connectivity index (χ2n) is 7.08. The highest BCUT2D eigenvalue weighted by Gasteiger charge is 2.36. The molecule has 1 aromatic carbocycles. The number of benzene rings is 1. The molecule has 138 valence electrons. The summed E-state index contributed by atoms with van der Waals surface area (Å²) in [4.78, 5) is 30.1. The van der Waals surface area contributed by atoms with E-state index in [0.29, 0.717) is 12.1 Å². The first-order valence-electron chi connectivity index (χ1n) is 9.27. The number of carboxylic acids is 1. The van der Waals surface area contributed by atoms with Gasteiger partial charge in [0.2, 0.25) is 0 Å². The molecular formula is C21H26N2O3. The van der Waals surface area contributed by atoms with E-state index in [-0.39, 0.29) is 17.5 Å². The third-order valence-electron chi connectivity index (χ3n) is 5.53. The van der Waals surface area contributed by atoms with E-state index in [1.165, 1.54) is 0 Å². The van der Waals surface area contributed by atoms with E-state index < -0.39 is 12.0 Å². The van der Waals surface area contributed by atoms with Gasteiger partial charge in [-0.05, 0) is 37.8 Å². The van der Waals surface area contributed by atoms with Gasteiger partial charge in [-0.2, -0.15) is 0 Å². The molecule has 5 nitrogen and oxygen atoms in total. The minimum Gasteiger partial charge on any atom is -0.478 e. The highest BCUT2D eigenvalue weighted by atomic mass is 16.4. The molecule has 1 saturated carbocycles. The summed E-state index contributed by atoms with van der Waals surface area (Å²) in [5.74, 6) is -1.17. The molecule has 0 spiro atoms. The van der Waals surface area contributed by atoms with E-state index in [2.05, 4.69) is 11.6 Å². The van der Waals surface area contributed by atoms with E-state index >= 15 is 0 Å². The maximum Gasteiger partial charge on any atom is 0.333 e. The number of aromatic nitrogens is 1. The van der Waals surface area contributed by atoms with E-state index in [4.69, 9.17) is 0 Å². The highest BCUT2D eigenvalue weighted by molar-refractivity contribution is 6.02. The van der Waals surface area contributed by atoms with Crippen molar-refractivity contribution in [3.8, 4) is 0 Å². The number of amides is 1. The molecule has 1 atom stereocenters. The molecule has 1 heterocycles. The standard InChI is InChI=1S/C21H26N2O3/c1-4-18(14(3)21(25)26)23(15-9-5-6-10-15)20(24)19-13(2)16-11-7-8-12-17(16)22-19/h7-8,11-12,15,18,22H,3-6,9-10H2,1-2H3,(H,25,26). The molecule has 2 aromatic rings. The zero-order chi connectivity index (χ0) is 18.8. The zero-order valence-corrected chi connectivity index (χ0v) is 15.4. The van der Waals surface area contributed by atoms with Crippen molar-refractivity contribution in [3.63, 3.8) is 0 Å². The number of aryl methyl sites for hydroxylation is 1. The average Bonchev–Trinajstić information content (AvgIpc) is 3.27. The van der Waals surface area contributed by atoms with Crippen molar-refractivity contribution >= 4 is 22.8 Å². The Labute approximate surface area is 153 Å². The molecule has 0 saturated heterocycles. The summed E-state index contributed by atoms with van der Waals surface area (Å²) in [5, 5.41) is 10.5. The Morgan fingerprint density at radius 1 is 1.31 bits per heavy atom. The van der Waals surface area contributed by atoms with Crippen molar-refractivity contribution in [3.05, 3.63) is 47.7 Å². The molecular weight excluding hydrogens is 328 g/mol. The van der Waals surface area contributed by atoms with Crippen LogP contribution in [-0.4, -0.2) is 39.0 Å². The number of H-pyrrole nitrogens is 1. The molecule has 1 aliphatic carbocycles. The van der Waals surface area contributed by atoms with Crippen LogP contribution in [0.3, 0.4) is 0 Å². The number of rotatable bonds is 6.